The van der Waals surface area contributed by atoms with Gasteiger partial charge in [0.15, 0.2) is 11.9 Å². The molecule has 0 aliphatic carbocycles. The van der Waals surface area contributed by atoms with Crippen LogP contribution in [0.1, 0.15) is 32.6 Å². The average molecular weight is 617 g/mol. The van der Waals surface area contributed by atoms with Crippen molar-refractivity contribution in [3.63, 3.8) is 0 Å². The second-order valence-electron chi connectivity index (χ2n) is 5.55. The molecule has 0 aliphatic heterocycles. The van der Waals surface area contributed by atoms with Crippen LogP contribution in [0, 0.1) is 0 Å². The minimum absolute atomic E-state index is 0.0427. The molecule has 1 aromatic carbocycles. The van der Waals surface area contributed by atoms with E-state index in [0.29, 0.717) is 15.9 Å². The Bertz CT molecular complexity index is 823. The zero-order valence-electron chi connectivity index (χ0n) is 14.3. The number of benzene rings is 1. The van der Waals surface area contributed by atoms with Crippen molar-refractivity contribution in [1.82, 2.24) is 0 Å². The highest BCUT2D eigenvalue weighted by atomic mass is 79.9. The van der Waals surface area contributed by atoms with E-state index in [1.807, 2.05) is 0 Å². The SMILES string of the molecule is CC(OC(=O)CCCCC(=O)Oc1c(Br)cc(Br)cc1Br)C(F)(F)S(=O)(=O)O. The lowest BCUT2D eigenvalue weighted by Gasteiger charge is -2.20. The topological polar surface area (TPSA) is 107 Å². The Labute approximate surface area is 185 Å². The summed E-state index contributed by atoms with van der Waals surface area (Å²) in [5.74, 6) is -1.36. The van der Waals surface area contributed by atoms with E-state index in [-0.39, 0.29) is 31.4 Å². The summed E-state index contributed by atoms with van der Waals surface area (Å²) in [4.78, 5) is 23.4. The van der Waals surface area contributed by atoms with Crippen LogP contribution >= 0.6 is 47.8 Å². The first-order valence-corrected chi connectivity index (χ1v) is 11.5. The number of rotatable bonds is 9. The number of alkyl halides is 2. The molecular weight excluding hydrogens is 602 g/mol. The fourth-order valence-electron chi connectivity index (χ4n) is 1.86. The van der Waals surface area contributed by atoms with E-state index in [9.17, 15) is 26.8 Å². The van der Waals surface area contributed by atoms with Gasteiger partial charge in [0, 0.05) is 17.3 Å². The molecule has 0 radical (unpaired) electrons. The summed E-state index contributed by atoms with van der Waals surface area (Å²) < 4.78 is 67.6. The van der Waals surface area contributed by atoms with Crippen LogP contribution in [0.5, 0.6) is 5.75 Å². The molecule has 1 aromatic rings. The standard InChI is InChI=1S/C15H15Br3F2O7S/c1-8(15(19,20)28(23,24)25)26-12(21)4-2-3-5-13(22)27-14-10(17)6-9(16)7-11(14)18/h6-8H,2-5H2,1H3,(H,23,24,25). The monoisotopic (exact) mass is 614 g/mol. The van der Waals surface area contributed by atoms with Crippen LogP contribution in [-0.2, 0) is 24.4 Å². The highest BCUT2D eigenvalue weighted by molar-refractivity contribution is 9.11. The van der Waals surface area contributed by atoms with E-state index in [1.54, 1.807) is 12.1 Å². The van der Waals surface area contributed by atoms with Gasteiger partial charge in [-0.25, -0.2) is 0 Å². The number of hydrogen-bond donors (Lipinski definition) is 1. The van der Waals surface area contributed by atoms with Gasteiger partial charge in [0.05, 0.1) is 8.95 Å². The fraction of sp³-hybridized carbons (Fsp3) is 0.467. The van der Waals surface area contributed by atoms with Gasteiger partial charge in [0.1, 0.15) is 0 Å². The molecule has 0 saturated carbocycles. The normalized spacial score (nSPS) is 13.1. The van der Waals surface area contributed by atoms with Crippen LogP contribution in [0.25, 0.3) is 0 Å². The second kappa shape index (κ2) is 10.4. The zero-order chi connectivity index (χ0) is 21.7. The first-order valence-electron chi connectivity index (χ1n) is 7.65. The molecule has 13 heteroatoms. The van der Waals surface area contributed by atoms with Gasteiger partial charge in [-0.15, -0.1) is 0 Å². The summed E-state index contributed by atoms with van der Waals surface area (Å²) in [7, 11) is -5.71. The maximum Gasteiger partial charge on any atom is 0.405 e. The van der Waals surface area contributed by atoms with Gasteiger partial charge in [-0.05, 0) is 63.8 Å². The van der Waals surface area contributed by atoms with Gasteiger partial charge < -0.3 is 9.47 Å². The molecular formula is C15H15Br3F2O7S. The maximum atomic E-state index is 13.3. The molecule has 0 heterocycles. The number of halogens is 5. The third-order valence-corrected chi connectivity index (χ3v) is 5.97. The lowest BCUT2D eigenvalue weighted by Crippen LogP contribution is -2.41. The highest BCUT2D eigenvalue weighted by Crippen LogP contribution is 2.36. The van der Waals surface area contributed by atoms with E-state index in [4.69, 9.17) is 9.29 Å². The van der Waals surface area contributed by atoms with Crippen LogP contribution in [0.2, 0.25) is 0 Å². The van der Waals surface area contributed by atoms with Gasteiger partial charge in [0.25, 0.3) is 0 Å². The maximum absolute atomic E-state index is 13.3. The summed E-state index contributed by atoms with van der Waals surface area (Å²) in [5.41, 5.74) is 0. The Morgan fingerprint density at radius 3 is 2.04 bits per heavy atom. The van der Waals surface area contributed by atoms with Gasteiger partial charge in [-0.2, -0.15) is 17.2 Å². The Balaban J connectivity index is 2.43. The summed E-state index contributed by atoms with van der Waals surface area (Å²) in [6, 6.07) is 3.37. The molecule has 1 N–H and O–H groups in total. The van der Waals surface area contributed by atoms with Crippen molar-refractivity contribution in [2.24, 2.45) is 0 Å². The molecule has 0 aromatic heterocycles. The molecule has 0 bridgehead atoms. The van der Waals surface area contributed by atoms with Crippen LogP contribution in [-0.4, -0.2) is 36.3 Å². The molecule has 158 valence electrons. The Morgan fingerprint density at radius 1 is 1.11 bits per heavy atom. The third-order valence-electron chi connectivity index (χ3n) is 3.32. The molecule has 28 heavy (non-hydrogen) atoms. The van der Waals surface area contributed by atoms with E-state index in [1.165, 1.54) is 0 Å². The van der Waals surface area contributed by atoms with Gasteiger partial charge >= 0.3 is 27.3 Å². The second-order valence-corrected chi connectivity index (χ2v) is 9.67. The minimum atomic E-state index is -5.71. The zero-order valence-corrected chi connectivity index (χ0v) is 19.8. The Kier molecular flexibility index (Phi) is 9.45. The lowest BCUT2D eigenvalue weighted by molar-refractivity contribution is -0.159. The number of carbonyl (C=O) groups is 2. The smallest absolute Gasteiger partial charge is 0.405 e. The number of esters is 2. The van der Waals surface area contributed by atoms with E-state index >= 15 is 0 Å². The van der Waals surface area contributed by atoms with E-state index in [0.717, 1.165) is 4.47 Å². The Hall–Kier alpha value is -0.630. The molecule has 1 rings (SSSR count). The number of unbranched alkanes of at least 4 members (excludes halogenated alkanes) is 1. The molecule has 0 aliphatic rings. The Morgan fingerprint density at radius 2 is 1.57 bits per heavy atom. The first kappa shape index (κ1) is 25.4. The van der Waals surface area contributed by atoms with Crippen molar-refractivity contribution in [2.45, 2.75) is 44.0 Å². The van der Waals surface area contributed by atoms with Crippen LogP contribution in [0.4, 0.5) is 8.78 Å². The summed E-state index contributed by atoms with van der Waals surface area (Å²) in [6.45, 7) is 0.650. The molecule has 0 fully saturated rings. The summed E-state index contributed by atoms with van der Waals surface area (Å²) in [5, 5.41) is -4.61. The summed E-state index contributed by atoms with van der Waals surface area (Å²) in [6.07, 6.45) is -2.38. The van der Waals surface area contributed by atoms with Gasteiger partial charge in [0.2, 0.25) is 0 Å². The molecule has 0 saturated heterocycles. The molecule has 0 amide bonds. The molecule has 0 spiro atoms. The fourth-order valence-corrected chi connectivity index (χ4v) is 4.75. The van der Waals surface area contributed by atoms with E-state index in [2.05, 4.69) is 52.5 Å². The number of carbonyl (C=O) groups excluding carboxylic acids is 2. The van der Waals surface area contributed by atoms with E-state index < -0.39 is 33.4 Å². The number of ether oxygens (including phenoxy) is 2. The predicted molar refractivity (Wildman–Crippen MR) is 106 cm³/mol. The van der Waals surface area contributed by atoms with Crippen molar-refractivity contribution in [2.75, 3.05) is 0 Å². The molecule has 1 unspecified atom stereocenters. The largest absolute Gasteiger partial charge is 0.455 e. The van der Waals surface area contributed by atoms with Crippen molar-refractivity contribution in [1.29, 1.82) is 0 Å². The van der Waals surface area contributed by atoms with Crippen molar-refractivity contribution in [3.8, 4) is 5.75 Å². The first-order chi connectivity index (χ1) is 12.8. The molecule has 1 atom stereocenters. The summed E-state index contributed by atoms with van der Waals surface area (Å²) >= 11 is 9.80. The third kappa shape index (κ3) is 7.32. The van der Waals surface area contributed by atoms with Crippen molar-refractivity contribution >= 4 is 69.8 Å². The number of hydrogen-bond acceptors (Lipinski definition) is 6. The highest BCUT2D eigenvalue weighted by Gasteiger charge is 2.51. The average Bonchev–Trinajstić information content (AvgIpc) is 2.53. The minimum Gasteiger partial charge on any atom is -0.455 e. The van der Waals surface area contributed by atoms with Crippen LogP contribution in [0.3, 0.4) is 0 Å². The van der Waals surface area contributed by atoms with Crippen LogP contribution < -0.4 is 4.74 Å². The predicted octanol–water partition coefficient (Wildman–Crippen LogP) is 4.85. The van der Waals surface area contributed by atoms with Gasteiger partial charge in [-0.3, -0.25) is 14.1 Å². The van der Waals surface area contributed by atoms with Crippen molar-refractivity contribution < 1.29 is 40.8 Å². The lowest BCUT2D eigenvalue weighted by atomic mass is 10.2. The van der Waals surface area contributed by atoms with Crippen LogP contribution in [0.15, 0.2) is 25.6 Å². The quantitative estimate of drug-likeness (QED) is 0.183. The van der Waals surface area contributed by atoms with Gasteiger partial charge in [-0.1, -0.05) is 15.9 Å². The molecule has 7 nitrogen and oxygen atoms in total. The van der Waals surface area contributed by atoms with Crippen molar-refractivity contribution in [3.05, 3.63) is 25.6 Å².